The quantitative estimate of drug-likeness (QED) is 0.182. The number of hydrogen-bond donors (Lipinski definition) is 4. The molecule has 0 fully saturated rings. The number of aliphatic hydroxyl groups excluding tert-OH is 1. The predicted molar refractivity (Wildman–Crippen MR) is 73.1 cm³/mol. The van der Waals surface area contributed by atoms with Crippen molar-refractivity contribution >= 4 is 5.84 Å². The van der Waals surface area contributed by atoms with Crippen molar-refractivity contribution in [1.29, 1.82) is 0 Å². The summed E-state index contributed by atoms with van der Waals surface area (Å²) in [6.45, 7) is 1.28. The third kappa shape index (κ3) is 5.52. The minimum absolute atomic E-state index is 0.138. The van der Waals surface area contributed by atoms with Gasteiger partial charge < -0.3 is 26.1 Å². The van der Waals surface area contributed by atoms with Crippen molar-refractivity contribution in [2.75, 3.05) is 20.3 Å². The second-order valence-electron chi connectivity index (χ2n) is 4.41. The normalized spacial score (nSPS) is 13.4. The number of nitrogens with one attached hydrogen (secondary N) is 1. The second-order valence-corrected chi connectivity index (χ2v) is 4.41. The first-order chi connectivity index (χ1) is 9.56. The monoisotopic (exact) mass is 285 g/mol. The number of nitrogens with two attached hydrogens (primary N) is 1. The van der Waals surface area contributed by atoms with Gasteiger partial charge in [0.1, 0.15) is 5.82 Å². The molecule has 0 spiro atoms. The topological polar surface area (TPSA) is 100 Å². The molecule has 1 rings (SSSR count). The summed E-state index contributed by atoms with van der Waals surface area (Å²) in [5.74, 6) is -0.591. The van der Waals surface area contributed by atoms with Crippen LogP contribution in [-0.2, 0) is 11.3 Å². The van der Waals surface area contributed by atoms with Crippen LogP contribution >= 0.6 is 0 Å². The van der Waals surface area contributed by atoms with Gasteiger partial charge in [0, 0.05) is 19.2 Å². The molecule has 1 aromatic carbocycles. The van der Waals surface area contributed by atoms with Crippen LogP contribution in [0.2, 0.25) is 0 Å². The van der Waals surface area contributed by atoms with E-state index in [4.69, 9.17) is 15.7 Å². The van der Waals surface area contributed by atoms with Gasteiger partial charge in [-0.15, -0.1) is 0 Å². The lowest BCUT2D eigenvalue weighted by atomic mass is 10.1. The molecule has 7 heteroatoms. The van der Waals surface area contributed by atoms with Gasteiger partial charge in [0.2, 0.25) is 0 Å². The molecule has 0 amide bonds. The Kier molecular flexibility index (Phi) is 6.92. The molecule has 0 saturated heterocycles. The van der Waals surface area contributed by atoms with Crippen LogP contribution in [0, 0.1) is 5.82 Å². The summed E-state index contributed by atoms with van der Waals surface area (Å²) in [5.41, 5.74) is 6.42. The molecule has 0 bridgehead atoms. The lowest BCUT2D eigenvalue weighted by molar-refractivity contribution is 0.0594. The van der Waals surface area contributed by atoms with Crippen LogP contribution in [0.3, 0.4) is 0 Å². The summed E-state index contributed by atoms with van der Waals surface area (Å²) < 4.78 is 18.2. The number of hydrogen-bond acceptors (Lipinski definition) is 5. The van der Waals surface area contributed by atoms with Gasteiger partial charge >= 0.3 is 0 Å². The summed E-state index contributed by atoms with van der Waals surface area (Å²) in [6.07, 6.45) is 0.0173. The molecule has 6 nitrogen and oxygen atoms in total. The Morgan fingerprint density at radius 1 is 1.50 bits per heavy atom. The zero-order chi connectivity index (χ0) is 15.0. The van der Waals surface area contributed by atoms with Crippen molar-refractivity contribution in [2.24, 2.45) is 10.9 Å². The van der Waals surface area contributed by atoms with Gasteiger partial charge in [-0.3, -0.25) is 0 Å². The molecule has 20 heavy (non-hydrogen) atoms. The maximum atomic E-state index is 13.4. The van der Waals surface area contributed by atoms with Crippen LogP contribution in [-0.4, -0.2) is 42.5 Å². The SMILES string of the molecule is COCC(O)CCNCc1cc(F)cc(/C(N)=N/O)c1. The van der Waals surface area contributed by atoms with Crippen LogP contribution < -0.4 is 11.1 Å². The van der Waals surface area contributed by atoms with Gasteiger partial charge in [-0.1, -0.05) is 5.16 Å². The minimum atomic E-state index is -0.521. The van der Waals surface area contributed by atoms with E-state index in [0.29, 0.717) is 30.6 Å². The number of rotatable bonds is 8. The number of aliphatic hydroxyl groups is 1. The summed E-state index contributed by atoms with van der Waals surface area (Å²) >= 11 is 0. The third-order valence-electron chi connectivity index (χ3n) is 2.70. The van der Waals surface area contributed by atoms with E-state index in [9.17, 15) is 9.50 Å². The summed E-state index contributed by atoms with van der Waals surface area (Å²) in [4.78, 5) is 0. The van der Waals surface area contributed by atoms with Gasteiger partial charge in [0.15, 0.2) is 5.84 Å². The van der Waals surface area contributed by atoms with Gasteiger partial charge in [0.05, 0.1) is 12.7 Å². The highest BCUT2D eigenvalue weighted by Gasteiger charge is 2.06. The molecule has 1 unspecified atom stereocenters. The first-order valence-electron chi connectivity index (χ1n) is 6.22. The molecule has 0 saturated carbocycles. The number of methoxy groups -OCH3 is 1. The Labute approximate surface area is 117 Å². The maximum absolute atomic E-state index is 13.4. The molecule has 112 valence electrons. The summed E-state index contributed by atoms with van der Waals surface area (Å²) in [5, 5.41) is 24.0. The van der Waals surface area contributed by atoms with E-state index < -0.39 is 11.9 Å². The lowest BCUT2D eigenvalue weighted by Crippen LogP contribution is -2.23. The van der Waals surface area contributed by atoms with Crippen LogP contribution in [0.4, 0.5) is 4.39 Å². The third-order valence-corrected chi connectivity index (χ3v) is 2.70. The molecule has 0 aromatic heterocycles. The highest BCUT2D eigenvalue weighted by atomic mass is 19.1. The molecule has 1 atom stereocenters. The van der Waals surface area contributed by atoms with Crippen LogP contribution in [0.15, 0.2) is 23.4 Å². The molecule has 0 aliphatic heterocycles. The fourth-order valence-electron chi connectivity index (χ4n) is 1.74. The molecular formula is C13H20FN3O3. The van der Waals surface area contributed by atoms with E-state index in [-0.39, 0.29) is 12.4 Å². The van der Waals surface area contributed by atoms with Crippen molar-refractivity contribution in [1.82, 2.24) is 5.32 Å². The van der Waals surface area contributed by atoms with E-state index in [1.165, 1.54) is 19.2 Å². The van der Waals surface area contributed by atoms with Gasteiger partial charge in [-0.2, -0.15) is 0 Å². The number of benzene rings is 1. The fraction of sp³-hybridized carbons (Fsp3) is 0.462. The Balaban J connectivity index is 2.50. The molecule has 5 N–H and O–H groups in total. The van der Waals surface area contributed by atoms with Crippen molar-refractivity contribution in [2.45, 2.75) is 19.1 Å². The highest BCUT2D eigenvalue weighted by molar-refractivity contribution is 5.97. The molecule has 0 heterocycles. The first-order valence-corrected chi connectivity index (χ1v) is 6.22. The molecule has 0 radical (unpaired) electrons. The Hall–Kier alpha value is -1.70. The lowest BCUT2D eigenvalue weighted by Gasteiger charge is -2.10. The van der Waals surface area contributed by atoms with E-state index in [1.807, 2.05) is 0 Å². The average molecular weight is 285 g/mol. The van der Waals surface area contributed by atoms with E-state index >= 15 is 0 Å². The van der Waals surface area contributed by atoms with E-state index in [0.717, 1.165) is 0 Å². The number of amidine groups is 1. The molecule has 0 aliphatic rings. The van der Waals surface area contributed by atoms with Gasteiger partial charge in [-0.25, -0.2) is 4.39 Å². The average Bonchev–Trinajstić information content (AvgIpc) is 2.42. The largest absolute Gasteiger partial charge is 0.409 e. The summed E-state index contributed by atoms with van der Waals surface area (Å²) in [6, 6.07) is 4.20. The fourth-order valence-corrected chi connectivity index (χ4v) is 1.74. The highest BCUT2D eigenvalue weighted by Crippen LogP contribution is 2.09. The zero-order valence-electron chi connectivity index (χ0n) is 11.3. The van der Waals surface area contributed by atoms with Crippen LogP contribution in [0.5, 0.6) is 0 Å². The second kappa shape index (κ2) is 8.47. The van der Waals surface area contributed by atoms with Crippen molar-refractivity contribution < 1.29 is 19.4 Å². The number of oxime groups is 1. The van der Waals surface area contributed by atoms with E-state index in [1.54, 1.807) is 6.07 Å². The van der Waals surface area contributed by atoms with Crippen molar-refractivity contribution in [3.63, 3.8) is 0 Å². The van der Waals surface area contributed by atoms with E-state index in [2.05, 4.69) is 10.5 Å². The minimum Gasteiger partial charge on any atom is -0.409 e. The number of halogens is 1. The maximum Gasteiger partial charge on any atom is 0.170 e. The smallest absolute Gasteiger partial charge is 0.170 e. The number of ether oxygens (including phenoxy) is 1. The van der Waals surface area contributed by atoms with Crippen molar-refractivity contribution in [3.8, 4) is 0 Å². The Bertz CT molecular complexity index is 454. The predicted octanol–water partition coefficient (Wildman–Crippen LogP) is 0.407. The van der Waals surface area contributed by atoms with Crippen LogP contribution in [0.1, 0.15) is 17.5 Å². The van der Waals surface area contributed by atoms with Gasteiger partial charge in [-0.05, 0) is 36.7 Å². The first kappa shape index (κ1) is 16.4. The molecule has 0 aliphatic carbocycles. The molecular weight excluding hydrogens is 265 g/mol. The van der Waals surface area contributed by atoms with Crippen molar-refractivity contribution in [3.05, 3.63) is 35.1 Å². The van der Waals surface area contributed by atoms with Gasteiger partial charge in [0.25, 0.3) is 0 Å². The zero-order valence-corrected chi connectivity index (χ0v) is 11.3. The summed E-state index contributed by atoms with van der Waals surface area (Å²) in [7, 11) is 1.53. The standard InChI is InChI=1S/C13H20FN3O3/c1-20-8-12(18)2-3-16-7-9-4-10(13(15)17-19)6-11(14)5-9/h4-6,12,16,18-19H,2-3,7-8H2,1H3,(H2,15,17). The Morgan fingerprint density at radius 2 is 2.25 bits per heavy atom. The molecule has 1 aromatic rings. The van der Waals surface area contributed by atoms with Crippen LogP contribution in [0.25, 0.3) is 0 Å². The Morgan fingerprint density at radius 3 is 2.90 bits per heavy atom. The number of nitrogens with zero attached hydrogens (tertiary/aromatic N) is 1.